The zero-order valence-corrected chi connectivity index (χ0v) is 25.7. The first-order valence-electron chi connectivity index (χ1n) is 16.3. The highest BCUT2D eigenvalue weighted by atomic mass is 15.0. The second-order valence-corrected chi connectivity index (χ2v) is 12.4. The zero-order valence-electron chi connectivity index (χ0n) is 25.7. The number of hydrogen-bond acceptors (Lipinski definition) is 0. The zero-order chi connectivity index (χ0) is 30.9. The second-order valence-electron chi connectivity index (χ2n) is 12.4. The van der Waals surface area contributed by atoms with Gasteiger partial charge in [0.1, 0.15) is 0 Å². The Kier molecular flexibility index (Phi) is 5.64. The van der Waals surface area contributed by atoms with Gasteiger partial charge in [-0.25, -0.2) is 0 Å². The molecule has 0 amide bonds. The fourth-order valence-corrected chi connectivity index (χ4v) is 7.94. The van der Waals surface area contributed by atoms with Crippen molar-refractivity contribution < 1.29 is 0 Å². The molecule has 1 aromatic heterocycles. The minimum absolute atomic E-state index is 1.18. The van der Waals surface area contributed by atoms with E-state index in [-0.39, 0.29) is 0 Å². The maximum absolute atomic E-state index is 2.44. The van der Waals surface area contributed by atoms with Gasteiger partial charge in [0.15, 0.2) is 0 Å². The highest BCUT2D eigenvalue weighted by Gasteiger charge is 2.18. The molecular weight excluding hydrogens is 567 g/mol. The van der Waals surface area contributed by atoms with E-state index >= 15 is 0 Å². The SMILES string of the molecule is c1ccc(-c2cccc3cc4c5ccccc5c5ccccc5c4cc23)c(-c2ccccc2-n2c3ccccc3c3ccccc32)c1. The molecule has 0 aliphatic heterocycles. The van der Waals surface area contributed by atoms with Crippen LogP contribution in [0.15, 0.2) is 176 Å². The van der Waals surface area contributed by atoms with Crippen LogP contribution >= 0.6 is 0 Å². The summed E-state index contributed by atoms with van der Waals surface area (Å²) >= 11 is 0. The van der Waals surface area contributed by atoms with E-state index in [1.165, 1.54) is 92.8 Å². The van der Waals surface area contributed by atoms with E-state index in [4.69, 9.17) is 0 Å². The van der Waals surface area contributed by atoms with Gasteiger partial charge in [-0.2, -0.15) is 0 Å². The topological polar surface area (TPSA) is 4.93 Å². The number of para-hydroxylation sites is 3. The molecule has 0 aliphatic carbocycles. The molecule has 1 nitrogen and oxygen atoms in total. The number of benzene rings is 9. The summed E-state index contributed by atoms with van der Waals surface area (Å²) in [7, 11) is 0. The number of nitrogens with zero attached hydrogens (tertiary/aromatic N) is 1. The summed E-state index contributed by atoms with van der Waals surface area (Å²) in [6.45, 7) is 0. The van der Waals surface area contributed by atoms with Crippen molar-refractivity contribution in [3.63, 3.8) is 0 Å². The van der Waals surface area contributed by atoms with Crippen LogP contribution < -0.4 is 0 Å². The maximum Gasteiger partial charge on any atom is 0.0541 e. The molecule has 0 saturated carbocycles. The third-order valence-corrected chi connectivity index (χ3v) is 9.98. The van der Waals surface area contributed by atoms with E-state index in [0.29, 0.717) is 0 Å². The quantitative estimate of drug-likeness (QED) is 0.141. The molecule has 10 aromatic rings. The van der Waals surface area contributed by atoms with E-state index < -0.39 is 0 Å². The van der Waals surface area contributed by atoms with Gasteiger partial charge < -0.3 is 4.57 Å². The van der Waals surface area contributed by atoms with Crippen LogP contribution in [0.4, 0.5) is 0 Å². The third-order valence-electron chi connectivity index (χ3n) is 9.98. The van der Waals surface area contributed by atoms with Crippen molar-refractivity contribution in [2.75, 3.05) is 0 Å². The van der Waals surface area contributed by atoms with Gasteiger partial charge in [0, 0.05) is 16.3 Å². The highest BCUT2D eigenvalue weighted by Crippen LogP contribution is 2.43. The summed E-state index contributed by atoms with van der Waals surface area (Å²) in [5.41, 5.74) is 8.53. The Hall–Kier alpha value is -6.18. The summed E-state index contributed by atoms with van der Waals surface area (Å²) in [6, 6.07) is 64.5. The first-order chi connectivity index (χ1) is 23.3. The van der Waals surface area contributed by atoms with Crippen molar-refractivity contribution in [3.05, 3.63) is 176 Å². The van der Waals surface area contributed by atoms with Crippen molar-refractivity contribution in [1.29, 1.82) is 0 Å². The van der Waals surface area contributed by atoms with E-state index in [9.17, 15) is 0 Å². The fraction of sp³-hybridized carbons (Fsp3) is 0. The summed E-state index contributed by atoms with van der Waals surface area (Å²) in [4.78, 5) is 0. The van der Waals surface area contributed by atoms with Gasteiger partial charge >= 0.3 is 0 Å². The minimum Gasteiger partial charge on any atom is -0.309 e. The molecule has 9 aromatic carbocycles. The van der Waals surface area contributed by atoms with E-state index in [1.807, 2.05) is 0 Å². The lowest BCUT2D eigenvalue weighted by atomic mass is 9.88. The molecular formula is C46H29N. The first-order valence-corrected chi connectivity index (χ1v) is 16.3. The van der Waals surface area contributed by atoms with Gasteiger partial charge in [0.25, 0.3) is 0 Å². The predicted octanol–water partition coefficient (Wildman–Crippen LogP) is 12.7. The lowest BCUT2D eigenvalue weighted by Gasteiger charge is -2.18. The van der Waals surface area contributed by atoms with Gasteiger partial charge in [-0.3, -0.25) is 0 Å². The van der Waals surface area contributed by atoms with Crippen molar-refractivity contribution in [1.82, 2.24) is 4.57 Å². The van der Waals surface area contributed by atoms with Crippen LogP contribution in [0.2, 0.25) is 0 Å². The van der Waals surface area contributed by atoms with Crippen molar-refractivity contribution in [2.45, 2.75) is 0 Å². The van der Waals surface area contributed by atoms with Gasteiger partial charge in [-0.1, -0.05) is 146 Å². The summed E-state index contributed by atoms with van der Waals surface area (Å²) < 4.78 is 2.44. The van der Waals surface area contributed by atoms with Gasteiger partial charge in [0.05, 0.1) is 16.7 Å². The molecule has 0 spiro atoms. The van der Waals surface area contributed by atoms with E-state index in [2.05, 4.69) is 180 Å². The molecule has 0 atom stereocenters. The monoisotopic (exact) mass is 595 g/mol. The standard InChI is InChI=1S/C46H29N/c1-4-18-34(38-21-7-10-25-44(38)47-45-26-11-8-22-39(45)40-23-9-12-27-46(40)47)33(17-1)35-24-13-14-30-28-42-36-19-5-2-15-31(36)32-16-3-6-20-37(32)43(42)29-41(30)35/h1-29H. The van der Waals surface area contributed by atoms with Crippen molar-refractivity contribution >= 4 is 64.9 Å². The van der Waals surface area contributed by atoms with Crippen molar-refractivity contribution in [2.24, 2.45) is 0 Å². The Morgan fingerprint density at radius 3 is 1.30 bits per heavy atom. The number of aromatic nitrogens is 1. The lowest BCUT2D eigenvalue weighted by molar-refractivity contribution is 1.18. The van der Waals surface area contributed by atoms with Gasteiger partial charge in [-0.05, 0) is 90.1 Å². The van der Waals surface area contributed by atoms with E-state index in [0.717, 1.165) is 0 Å². The second kappa shape index (κ2) is 10.2. The average Bonchev–Trinajstić information content (AvgIpc) is 3.48. The molecule has 0 unspecified atom stereocenters. The fourth-order valence-electron chi connectivity index (χ4n) is 7.94. The molecule has 1 heteroatoms. The Morgan fingerprint density at radius 2 is 0.681 bits per heavy atom. The lowest BCUT2D eigenvalue weighted by Crippen LogP contribution is -1.98. The van der Waals surface area contributed by atoms with Crippen LogP contribution in [0.25, 0.3) is 92.8 Å². The maximum atomic E-state index is 2.44. The van der Waals surface area contributed by atoms with Gasteiger partial charge in [-0.15, -0.1) is 0 Å². The molecule has 0 fully saturated rings. The Bertz CT molecular complexity index is 2800. The molecule has 10 rings (SSSR count). The Labute approximate surface area is 272 Å². The molecule has 0 radical (unpaired) electrons. The Morgan fingerprint density at radius 1 is 0.255 bits per heavy atom. The molecule has 1 heterocycles. The number of fused-ring (bicyclic) bond motifs is 10. The normalized spacial score (nSPS) is 11.8. The molecule has 47 heavy (non-hydrogen) atoms. The minimum atomic E-state index is 1.18. The van der Waals surface area contributed by atoms with Crippen LogP contribution in [-0.2, 0) is 0 Å². The molecule has 0 bridgehead atoms. The summed E-state index contributed by atoms with van der Waals surface area (Å²) in [5, 5.41) is 12.8. The molecule has 0 aliphatic rings. The van der Waals surface area contributed by atoms with Crippen LogP contribution in [0.5, 0.6) is 0 Å². The van der Waals surface area contributed by atoms with Gasteiger partial charge in [0.2, 0.25) is 0 Å². The first kappa shape index (κ1) is 26.1. The smallest absolute Gasteiger partial charge is 0.0541 e. The predicted molar refractivity (Wildman–Crippen MR) is 202 cm³/mol. The summed E-state index contributed by atoms with van der Waals surface area (Å²) in [5.74, 6) is 0. The molecule has 0 saturated heterocycles. The van der Waals surface area contributed by atoms with E-state index in [1.54, 1.807) is 0 Å². The molecule has 218 valence electrons. The third kappa shape index (κ3) is 3.84. The van der Waals surface area contributed by atoms with Crippen LogP contribution in [0.1, 0.15) is 0 Å². The highest BCUT2D eigenvalue weighted by molar-refractivity contribution is 6.28. The van der Waals surface area contributed by atoms with Crippen LogP contribution in [0.3, 0.4) is 0 Å². The summed E-state index contributed by atoms with van der Waals surface area (Å²) in [6.07, 6.45) is 0. The molecule has 0 N–H and O–H groups in total. The van der Waals surface area contributed by atoms with Crippen molar-refractivity contribution in [3.8, 4) is 27.9 Å². The van der Waals surface area contributed by atoms with Crippen LogP contribution in [-0.4, -0.2) is 4.57 Å². The number of hydrogen-bond donors (Lipinski definition) is 0. The Balaban J connectivity index is 1.26. The van der Waals surface area contributed by atoms with Crippen LogP contribution in [0, 0.1) is 0 Å². The number of rotatable bonds is 3. The average molecular weight is 596 g/mol. The largest absolute Gasteiger partial charge is 0.309 e.